The van der Waals surface area contributed by atoms with Crippen LogP contribution in [0.15, 0.2) is 21.9 Å². The highest BCUT2D eigenvalue weighted by Gasteiger charge is 1.91. The van der Waals surface area contributed by atoms with Crippen LogP contribution in [0.4, 0.5) is 0 Å². The molecule has 0 aliphatic rings. The van der Waals surface area contributed by atoms with Crippen LogP contribution in [0.1, 0.15) is 0 Å². The Bertz CT molecular complexity index is 349. The molecule has 0 fully saturated rings. The largest absolute Gasteiger partial charge is 0.289 e. The van der Waals surface area contributed by atoms with Crippen LogP contribution in [0.25, 0.3) is 0 Å². The maximum Gasteiger partial charge on any atom is 0.265 e. The van der Waals surface area contributed by atoms with Gasteiger partial charge in [-0.2, -0.15) is 4.99 Å². The van der Waals surface area contributed by atoms with Gasteiger partial charge in [0, 0.05) is 5.87 Å². The molecule has 0 aliphatic carbocycles. The Labute approximate surface area is 73.8 Å². The molecule has 0 saturated carbocycles. The van der Waals surface area contributed by atoms with Gasteiger partial charge in [0.05, 0.1) is 17.9 Å². The van der Waals surface area contributed by atoms with Gasteiger partial charge in [0.2, 0.25) is 0 Å². The standard InChI is InChI=1S/C7H6N4O2/c8-2-5-9-3-1-4-10-6-7(12)11-13/h3,8,13H,6H2,(H,11,12). The topological polar surface area (TPSA) is 97.9 Å². The van der Waals surface area contributed by atoms with E-state index in [4.69, 9.17) is 10.6 Å². The van der Waals surface area contributed by atoms with Gasteiger partial charge in [-0.15, -0.1) is 0 Å². The molecule has 0 aromatic rings. The number of amides is 1. The summed E-state index contributed by atoms with van der Waals surface area (Å²) in [5.41, 5.74) is 3.74. The van der Waals surface area contributed by atoms with Crippen LogP contribution in [0, 0.1) is 5.41 Å². The zero-order chi connectivity index (χ0) is 9.94. The summed E-state index contributed by atoms with van der Waals surface area (Å²) in [4.78, 5) is 17.1. The summed E-state index contributed by atoms with van der Waals surface area (Å²) in [6.45, 7) is -0.235. The Morgan fingerprint density at radius 3 is 3.00 bits per heavy atom. The maximum atomic E-state index is 10.3. The molecule has 3 N–H and O–H groups in total. The molecule has 66 valence electrons. The molecule has 0 saturated heterocycles. The number of aliphatic imine (C=N–C) groups is 2. The molecule has 1 amide bonds. The molecular formula is C7H6N4O2. The Morgan fingerprint density at radius 2 is 2.38 bits per heavy atom. The quantitative estimate of drug-likeness (QED) is 0.230. The van der Waals surface area contributed by atoms with Gasteiger partial charge in [-0.3, -0.25) is 10.0 Å². The van der Waals surface area contributed by atoms with Gasteiger partial charge in [-0.1, -0.05) is 0 Å². The molecule has 0 aliphatic heterocycles. The third-order valence-corrected chi connectivity index (χ3v) is 0.741. The lowest BCUT2D eigenvalue weighted by atomic mass is 10.6. The summed E-state index contributed by atoms with van der Waals surface area (Å²) < 4.78 is 0. The molecule has 0 heterocycles. The summed E-state index contributed by atoms with van der Waals surface area (Å²) in [6, 6.07) is 0. The lowest BCUT2D eigenvalue weighted by molar-refractivity contribution is -0.127. The predicted molar refractivity (Wildman–Crippen MR) is 45.5 cm³/mol. The molecule has 0 atom stereocenters. The average Bonchev–Trinajstić information content (AvgIpc) is 2.16. The normalized spacial score (nSPS) is 6.54. The van der Waals surface area contributed by atoms with Gasteiger partial charge >= 0.3 is 0 Å². The minimum absolute atomic E-state index is 0.235. The Balaban J connectivity index is 4.11. The number of hydroxylamine groups is 1. The fourth-order valence-corrected chi connectivity index (χ4v) is 0.318. The first-order valence-corrected chi connectivity index (χ1v) is 3.09. The smallest absolute Gasteiger partial charge is 0.265 e. The zero-order valence-corrected chi connectivity index (χ0v) is 6.53. The fourth-order valence-electron chi connectivity index (χ4n) is 0.318. The molecule has 6 heteroatoms. The Kier molecular flexibility index (Phi) is 6.59. The minimum atomic E-state index is -0.641. The lowest BCUT2D eigenvalue weighted by Crippen LogP contribution is -2.20. The summed E-state index contributed by atoms with van der Waals surface area (Å²) in [6.07, 6.45) is 1.15. The molecular weight excluding hydrogens is 172 g/mol. The van der Waals surface area contributed by atoms with Crippen molar-refractivity contribution in [2.45, 2.75) is 0 Å². The number of carbonyl (C=O) groups excluding carboxylic acids is 1. The molecule has 13 heavy (non-hydrogen) atoms. The van der Waals surface area contributed by atoms with Gasteiger partial charge in [0.1, 0.15) is 6.54 Å². The first kappa shape index (κ1) is 10.8. The van der Waals surface area contributed by atoms with E-state index in [9.17, 15) is 4.79 Å². The van der Waals surface area contributed by atoms with Crippen LogP contribution in [0.3, 0.4) is 0 Å². The van der Waals surface area contributed by atoms with E-state index in [2.05, 4.69) is 27.5 Å². The highest BCUT2D eigenvalue weighted by molar-refractivity contribution is 5.86. The zero-order valence-electron chi connectivity index (χ0n) is 6.53. The molecule has 6 nitrogen and oxygen atoms in total. The summed E-state index contributed by atoms with van der Waals surface area (Å²) in [5, 5.41) is 14.4. The molecule has 0 aromatic heterocycles. The van der Waals surface area contributed by atoms with Crippen LogP contribution in [0.5, 0.6) is 0 Å². The third kappa shape index (κ3) is 7.72. The highest BCUT2D eigenvalue weighted by Crippen LogP contribution is 1.66. The van der Waals surface area contributed by atoms with Crippen molar-refractivity contribution in [2.24, 2.45) is 9.98 Å². The molecule has 0 spiro atoms. The second kappa shape index (κ2) is 7.92. The number of carbonyl (C=O) groups is 1. The van der Waals surface area contributed by atoms with E-state index in [0.717, 1.165) is 6.20 Å². The van der Waals surface area contributed by atoms with Gasteiger partial charge in [-0.05, 0) is 5.73 Å². The van der Waals surface area contributed by atoms with E-state index in [-0.39, 0.29) is 6.54 Å². The van der Waals surface area contributed by atoms with Gasteiger partial charge in [0.15, 0.2) is 0 Å². The van der Waals surface area contributed by atoms with Crippen molar-refractivity contribution >= 4 is 23.5 Å². The number of hydrogen-bond acceptors (Lipinski definition) is 5. The SMILES string of the molecule is N=C=C=NC=C=C=NCC(=O)NO. The molecule has 0 unspecified atom stereocenters. The van der Waals surface area contributed by atoms with E-state index >= 15 is 0 Å². The monoisotopic (exact) mass is 178 g/mol. The first-order valence-electron chi connectivity index (χ1n) is 3.09. The summed E-state index contributed by atoms with van der Waals surface area (Å²) in [5.74, 6) is 5.47. The molecule has 0 aromatic carbocycles. The molecule has 0 rings (SSSR count). The van der Waals surface area contributed by atoms with Gasteiger partial charge < -0.3 is 0 Å². The van der Waals surface area contributed by atoms with Crippen molar-refractivity contribution in [3.63, 3.8) is 0 Å². The van der Waals surface area contributed by atoms with Crippen LogP contribution >= 0.6 is 0 Å². The van der Waals surface area contributed by atoms with Gasteiger partial charge in [-0.25, -0.2) is 15.9 Å². The second-order valence-electron chi connectivity index (χ2n) is 1.60. The van der Waals surface area contributed by atoms with Crippen molar-refractivity contribution in [1.82, 2.24) is 5.48 Å². The minimum Gasteiger partial charge on any atom is -0.289 e. The van der Waals surface area contributed by atoms with Crippen LogP contribution < -0.4 is 5.48 Å². The van der Waals surface area contributed by atoms with Crippen LogP contribution in [0.2, 0.25) is 0 Å². The van der Waals surface area contributed by atoms with E-state index in [0.29, 0.717) is 0 Å². The fraction of sp³-hybridized carbons (Fsp3) is 0.143. The molecule has 0 radical (unpaired) electrons. The Morgan fingerprint density at radius 1 is 1.62 bits per heavy atom. The van der Waals surface area contributed by atoms with Crippen molar-refractivity contribution in [1.29, 1.82) is 5.41 Å². The Hall–Kier alpha value is -2.18. The van der Waals surface area contributed by atoms with Crippen LogP contribution in [-0.2, 0) is 4.79 Å². The van der Waals surface area contributed by atoms with E-state index in [1.54, 1.807) is 5.87 Å². The van der Waals surface area contributed by atoms with Crippen LogP contribution in [-0.4, -0.2) is 35.3 Å². The van der Waals surface area contributed by atoms with Crippen molar-refractivity contribution in [3.05, 3.63) is 11.9 Å². The average molecular weight is 178 g/mol. The maximum absolute atomic E-state index is 10.3. The van der Waals surface area contributed by atoms with E-state index < -0.39 is 5.91 Å². The molecule has 0 bridgehead atoms. The van der Waals surface area contributed by atoms with E-state index in [1.807, 2.05) is 0 Å². The first-order chi connectivity index (χ1) is 6.31. The summed E-state index contributed by atoms with van der Waals surface area (Å²) in [7, 11) is 0. The van der Waals surface area contributed by atoms with Crippen molar-refractivity contribution in [2.75, 3.05) is 6.54 Å². The predicted octanol–water partition coefficient (Wildman–Crippen LogP) is -0.695. The number of nitrogens with zero attached hydrogens (tertiary/aromatic N) is 2. The highest BCUT2D eigenvalue weighted by atomic mass is 16.5. The van der Waals surface area contributed by atoms with Crippen molar-refractivity contribution in [3.8, 4) is 0 Å². The number of hydrogen-bond donors (Lipinski definition) is 3. The lowest BCUT2D eigenvalue weighted by Gasteiger charge is -1.86. The number of nitrogens with one attached hydrogen (secondary N) is 2. The third-order valence-electron chi connectivity index (χ3n) is 0.741. The van der Waals surface area contributed by atoms with Crippen molar-refractivity contribution < 1.29 is 10.0 Å². The number of rotatable bonds is 3. The van der Waals surface area contributed by atoms with Gasteiger partial charge in [0.25, 0.3) is 5.91 Å². The summed E-state index contributed by atoms with van der Waals surface area (Å²) >= 11 is 0. The second-order valence-corrected chi connectivity index (χ2v) is 1.60. The van der Waals surface area contributed by atoms with E-state index in [1.165, 1.54) is 5.48 Å².